The van der Waals surface area contributed by atoms with E-state index in [9.17, 15) is 9.59 Å². The Morgan fingerprint density at radius 1 is 1.20 bits per heavy atom. The van der Waals surface area contributed by atoms with Crippen LogP contribution in [-0.2, 0) is 9.59 Å². The molecule has 1 aliphatic heterocycles. The molecule has 2 saturated carbocycles. The molecule has 4 atom stereocenters. The Balaban J connectivity index is 1.91. The van der Waals surface area contributed by atoms with Crippen molar-refractivity contribution in [2.75, 3.05) is 0 Å². The molecular formula is C16H26N2O2. The molecule has 2 amide bonds. The molecule has 3 rings (SSSR count). The molecular weight excluding hydrogens is 252 g/mol. The third-order valence-corrected chi connectivity index (χ3v) is 6.07. The van der Waals surface area contributed by atoms with Crippen LogP contribution in [0.4, 0.5) is 0 Å². The van der Waals surface area contributed by atoms with E-state index in [-0.39, 0.29) is 17.9 Å². The lowest BCUT2D eigenvalue weighted by molar-refractivity contribution is -0.159. The van der Waals surface area contributed by atoms with E-state index in [1.807, 2.05) is 25.7 Å². The van der Waals surface area contributed by atoms with Crippen molar-refractivity contribution in [3.63, 3.8) is 0 Å². The minimum absolute atomic E-state index is 0.0241. The van der Waals surface area contributed by atoms with Crippen LogP contribution in [-0.4, -0.2) is 34.3 Å². The van der Waals surface area contributed by atoms with Gasteiger partial charge in [-0.15, -0.1) is 0 Å². The molecule has 0 aromatic carbocycles. The lowest BCUT2D eigenvalue weighted by atomic mass is 9.84. The summed E-state index contributed by atoms with van der Waals surface area (Å²) in [5.41, 5.74) is -0.661. The first-order valence-electron chi connectivity index (χ1n) is 8.17. The molecule has 2 bridgehead atoms. The zero-order valence-electron chi connectivity index (χ0n) is 12.8. The van der Waals surface area contributed by atoms with Crippen molar-refractivity contribution in [1.29, 1.82) is 0 Å². The van der Waals surface area contributed by atoms with Gasteiger partial charge in [0.15, 0.2) is 0 Å². The molecule has 3 aliphatic rings. The van der Waals surface area contributed by atoms with Gasteiger partial charge in [-0.2, -0.15) is 0 Å². The molecule has 4 nitrogen and oxygen atoms in total. The van der Waals surface area contributed by atoms with Crippen LogP contribution in [0.2, 0.25) is 0 Å². The zero-order chi connectivity index (χ0) is 14.5. The van der Waals surface area contributed by atoms with Crippen LogP contribution in [0.3, 0.4) is 0 Å². The maximum Gasteiger partial charge on any atom is 0.249 e. The Labute approximate surface area is 121 Å². The van der Waals surface area contributed by atoms with Crippen molar-refractivity contribution in [2.45, 2.75) is 76.9 Å². The zero-order valence-corrected chi connectivity index (χ0v) is 12.8. The number of hydrogen-bond acceptors (Lipinski definition) is 2. The van der Waals surface area contributed by atoms with Crippen molar-refractivity contribution in [2.24, 2.45) is 11.8 Å². The van der Waals surface area contributed by atoms with Gasteiger partial charge in [-0.05, 0) is 50.9 Å². The monoisotopic (exact) mass is 278 g/mol. The van der Waals surface area contributed by atoms with E-state index in [2.05, 4.69) is 5.32 Å². The normalized spacial score (nSPS) is 39.2. The van der Waals surface area contributed by atoms with Crippen molar-refractivity contribution in [3.05, 3.63) is 0 Å². The molecule has 3 fully saturated rings. The largest absolute Gasteiger partial charge is 0.340 e. The molecule has 112 valence electrons. The molecule has 1 heterocycles. The molecule has 0 radical (unpaired) electrons. The fourth-order valence-electron chi connectivity index (χ4n) is 4.66. The van der Waals surface area contributed by atoms with Gasteiger partial charge < -0.3 is 10.2 Å². The third-order valence-electron chi connectivity index (χ3n) is 6.07. The number of amides is 2. The molecule has 0 aromatic rings. The highest BCUT2D eigenvalue weighted by Crippen LogP contribution is 2.48. The standard InChI is InChI=1S/C16H26N2O2/c1-4-16(5-2)15(20)18(10(3)14(19)17-16)13-9-11-6-7-12(13)8-11/h10-13H,4-9H2,1-3H3,(H,17,19). The predicted octanol–water partition coefficient (Wildman–Crippen LogP) is 2.08. The molecule has 4 unspecified atom stereocenters. The summed E-state index contributed by atoms with van der Waals surface area (Å²) in [6.45, 7) is 5.88. The van der Waals surface area contributed by atoms with E-state index in [0.29, 0.717) is 24.8 Å². The molecule has 1 saturated heterocycles. The second-order valence-electron chi connectivity index (χ2n) is 6.91. The van der Waals surface area contributed by atoms with Crippen LogP contribution in [0.1, 0.15) is 59.3 Å². The van der Waals surface area contributed by atoms with Crippen LogP contribution in [0, 0.1) is 11.8 Å². The number of nitrogens with one attached hydrogen (secondary N) is 1. The first-order chi connectivity index (χ1) is 9.52. The molecule has 4 heteroatoms. The summed E-state index contributed by atoms with van der Waals surface area (Å²) >= 11 is 0. The van der Waals surface area contributed by atoms with E-state index in [0.717, 1.165) is 12.3 Å². The average Bonchev–Trinajstić information content (AvgIpc) is 3.06. The lowest BCUT2D eigenvalue weighted by Crippen LogP contribution is -2.71. The summed E-state index contributed by atoms with van der Waals surface area (Å²) in [5, 5.41) is 3.00. The Bertz CT molecular complexity index is 430. The van der Waals surface area contributed by atoms with Gasteiger partial charge in [0.05, 0.1) is 0 Å². The summed E-state index contributed by atoms with van der Waals surface area (Å²) in [4.78, 5) is 27.3. The summed E-state index contributed by atoms with van der Waals surface area (Å²) in [7, 11) is 0. The first kappa shape index (κ1) is 13.9. The first-order valence-corrected chi connectivity index (χ1v) is 8.17. The SMILES string of the molecule is CCC1(CC)NC(=O)C(C)N(C2CC3CCC2C3)C1=O. The van der Waals surface area contributed by atoms with Crippen molar-refractivity contribution in [3.8, 4) is 0 Å². The second-order valence-corrected chi connectivity index (χ2v) is 6.91. The Kier molecular flexibility index (Phi) is 3.30. The smallest absolute Gasteiger partial charge is 0.249 e. The Morgan fingerprint density at radius 3 is 2.40 bits per heavy atom. The Hall–Kier alpha value is -1.06. The van der Waals surface area contributed by atoms with E-state index in [4.69, 9.17) is 0 Å². The van der Waals surface area contributed by atoms with Crippen LogP contribution in [0.5, 0.6) is 0 Å². The van der Waals surface area contributed by atoms with Gasteiger partial charge in [0, 0.05) is 6.04 Å². The van der Waals surface area contributed by atoms with Gasteiger partial charge in [0.25, 0.3) is 0 Å². The van der Waals surface area contributed by atoms with Crippen LogP contribution < -0.4 is 5.32 Å². The van der Waals surface area contributed by atoms with Crippen molar-refractivity contribution < 1.29 is 9.59 Å². The molecule has 2 aliphatic carbocycles. The summed E-state index contributed by atoms with van der Waals surface area (Å²) < 4.78 is 0. The highest BCUT2D eigenvalue weighted by molar-refractivity contribution is 5.99. The number of hydrogen-bond donors (Lipinski definition) is 1. The second kappa shape index (κ2) is 4.74. The summed E-state index contributed by atoms with van der Waals surface area (Å²) in [6, 6.07) is -0.00199. The molecule has 20 heavy (non-hydrogen) atoms. The lowest BCUT2D eigenvalue weighted by Gasteiger charge is -2.48. The highest BCUT2D eigenvalue weighted by atomic mass is 16.2. The summed E-state index contributed by atoms with van der Waals surface area (Å²) in [6.07, 6.45) is 6.27. The quantitative estimate of drug-likeness (QED) is 0.859. The van der Waals surface area contributed by atoms with Gasteiger partial charge in [-0.1, -0.05) is 20.3 Å². The van der Waals surface area contributed by atoms with Gasteiger partial charge in [0.1, 0.15) is 11.6 Å². The third kappa shape index (κ3) is 1.80. The number of piperazine rings is 1. The molecule has 0 spiro atoms. The van der Waals surface area contributed by atoms with Crippen molar-refractivity contribution in [1.82, 2.24) is 10.2 Å². The van der Waals surface area contributed by atoms with Gasteiger partial charge >= 0.3 is 0 Å². The van der Waals surface area contributed by atoms with Crippen LogP contribution >= 0.6 is 0 Å². The number of rotatable bonds is 3. The maximum absolute atomic E-state index is 13.0. The van der Waals surface area contributed by atoms with E-state index in [1.54, 1.807) is 0 Å². The van der Waals surface area contributed by atoms with Gasteiger partial charge in [0.2, 0.25) is 11.8 Å². The maximum atomic E-state index is 13.0. The van der Waals surface area contributed by atoms with Crippen LogP contribution in [0.25, 0.3) is 0 Å². The Morgan fingerprint density at radius 2 is 1.90 bits per heavy atom. The predicted molar refractivity (Wildman–Crippen MR) is 77.0 cm³/mol. The number of nitrogens with zero attached hydrogens (tertiary/aromatic N) is 1. The van der Waals surface area contributed by atoms with E-state index >= 15 is 0 Å². The molecule has 0 aromatic heterocycles. The van der Waals surface area contributed by atoms with Gasteiger partial charge in [-0.25, -0.2) is 0 Å². The number of carbonyl (C=O) groups is 2. The number of carbonyl (C=O) groups excluding carboxylic acids is 2. The van der Waals surface area contributed by atoms with Crippen molar-refractivity contribution >= 4 is 11.8 Å². The van der Waals surface area contributed by atoms with E-state index in [1.165, 1.54) is 19.3 Å². The fourth-order valence-corrected chi connectivity index (χ4v) is 4.66. The number of fused-ring (bicyclic) bond motifs is 2. The fraction of sp³-hybridized carbons (Fsp3) is 0.875. The minimum atomic E-state index is -0.661. The minimum Gasteiger partial charge on any atom is -0.340 e. The topological polar surface area (TPSA) is 49.4 Å². The van der Waals surface area contributed by atoms with E-state index < -0.39 is 5.54 Å². The van der Waals surface area contributed by atoms with Crippen LogP contribution in [0.15, 0.2) is 0 Å². The van der Waals surface area contributed by atoms with Gasteiger partial charge in [-0.3, -0.25) is 9.59 Å². The average molecular weight is 278 g/mol. The molecule has 1 N–H and O–H groups in total. The summed E-state index contributed by atoms with van der Waals surface area (Å²) in [5.74, 6) is 1.60. The highest BCUT2D eigenvalue weighted by Gasteiger charge is 2.53.